The molecule has 0 heterocycles. The first kappa shape index (κ1) is 15.9. The average molecular weight is 284 g/mol. The molecule has 0 aliphatic carbocycles. The second-order valence-electron chi connectivity index (χ2n) is 5.09. The van der Waals surface area contributed by atoms with Crippen molar-refractivity contribution in [2.24, 2.45) is 0 Å². The largest absolute Gasteiger partial charge is 0.478 e. The van der Waals surface area contributed by atoms with Crippen molar-refractivity contribution in [1.29, 1.82) is 0 Å². The van der Waals surface area contributed by atoms with Crippen LogP contribution in [0.25, 0.3) is 0 Å². The smallest absolute Gasteiger partial charge is 0.337 e. The number of hydrogen-bond acceptors (Lipinski definition) is 3. The van der Waals surface area contributed by atoms with Gasteiger partial charge in [-0.2, -0.15) is 0 Å². The van der Waals surface area contributed by atoms with Crippen LogP contribution in [0.5, 0.6) is 0 Å². The Kier molecular flexibility index (Phi) is 4.67. The van der Waals surface area contributed by atoms with Crippen LogP contribution in [0.15, 0.2) is 18.2 Å². The zero-order valence-corrected chi connectivity index (χ0v) is 11.5. The number of urea groups is 1. The first-order chi connectivity index (χ1) is 9.10. The van der Waals surface area contributed by atoms with Crippen LogP contribution in [0.4, 0.5) is 14.9 Å². The van der Waals surface area contributed by atoms with Gasteiger partial charge in [0.15, 0.2) is 0 Å². The molecule has 3 N–H and O–H groups in total. The number of carboxylic acids is 1. The molecular formula is C13H17FN2O4. The van der Waals surface area contributed by atoms with Crippen molar-refractivity contribution in [1.82, 2.24) is 4.90 Å². The van der Waals surface area contributed by atoms with Gasteiger partial charge in [0.25, 0.3) is 0 Å². The van der Waals surface area contributed by atoms with E-state index in [-0.39, 0.29) is 17.8 Å². The third-order valence-electron chi connectivity index (χ3n) is 2.42. The maximum atomic E-state index is 13.0. The monoisotopic (exact) mass is 284 g/mol. The van der Waals surface area contributed by atoms with Crippen LogP contribution in [0.1, 0.15) is 24.2 Å². The molecule has 0 aliphatic rings. The maximum absolute atomic E-state index is 13.0. The van der Waals surface area contributed by atoms with E-state index in [1.807, 2.05) is 0 Å². The van der Waals surface area contributed by atoms with Crippen LogP contribution < -0.4 is 5.32 Å². The number of nitrogens with one attached hydrogen (secondary N) is 1. The van der Waals surface area contributed by atoms with E-state index >= 15 is 0 Å². The van der Waals surface area contributed by atoms with Crippen molar-refractivity contribution >= 4 is 17.7 Å². The van der Waals surface area contributed by atoms with Gasteiger partial charge < -0.3 is 20.4 Å². The van der Waals surface area contributed by atoms with Crippen LogP contribution in [-0.4, -0.2) is 46.3 Å². The highest BCUT2D eigenvalue weighted by Gasteiger charge is 2.21. The first-order valence-electron chi connectivity index (χ1n) is 5.87. The summed E-state index contributed by atoms with van der Waals surface area (Å²) in [4.78, 5) is 24.1. The summed E-state index contributed by atoms with van der Waals surface area (Å²) in [6.07, 6.45) is 0. The molecular weight excluding hydrogens is 267 g/mol. The van der Waals surface area contributed by atoms with Crippen LogP contribution in [0.3, 0.4) is 0 Å². The van der Waals surface area contributed by atoms with Gasteiger partial charge in [-0.15, -0.1) is 0 Å². The van der Waals surface area contributed by atoms with Gasteiger partial charge in [0, 0.05) is 7.05 Å². The Bertz CT molecular complexity index is 526. The minimum atomic E-state index is -1.34. The molecule has 0 fully saturated rings. The highest BCUT2D eigenvalue weighted by Crippen LogP contribution is 2.18. The zero-order valence-electron chi connectivity index (χ0n) is 11.5. The number of carbonyl (C=O) groups is 2. The molecule has 0 spiro atoms. The number of halogens is 1. The third kappa shape index (κ3) is 4.51. The molecule has 20 heavy (non-hydrogen) atoms. The molecule has 0 aromatic heterocycles. The number of likely N-dealkylation sites (N-methyl/N-ethyl adjacent to an activating group) is 1. The molecule has 0 aliphatic heterocycles. The van der Waals surface area contributed by atoms with E-state index in [4.69, 9.17) is 5.11 Å². The van der Waals surface area contributed by atoms with E-state index in [1.165, 1.54) is 31.9 Å². The van der Waals surface area contributed by atoms with E-state index in [0.717, 1.165) is 12.1 Å². The van der Waals surface area contributed by atoms with Gasteiger partial charge in [-0.25, -0.2) is 14.0 Å². The zero-order chi connectivity index (χ0) is 15.5. The molecule has 7 heteroatoms. The highest BCUT2D eigenvalue weighted by molar-refractivity contribution is 5.99. The lowest BCUT2D eigenvalue weighted by Gasteiger charge is -2.26. The fourth-order valence-electron chi connectivity index (χ4n) is 1.67. The normalized spacial score (nSPS) is 11.1. The molecule has 0 saturated heterocycles. The Labute approximate surface area is 115 Å². The Morgan fingerprint density at radius 3 is 2.50 bits per heavy atom. The molecule has 0 atom stereocenters. The number of carboxylic acid groups (broad SMARTS) is 1. The number of aliphatic hydroxyl groups is 1. The van der Waals surface area contributed by atoms with Gasteiger partial charge >= 0.3 is 12.0 Å². The molecule has 0 saturated carbocycles. The van der Waals surface area contributed by atoms with Crippen molar-refractivity contribution in [3.8, 4) is 0 Å². The number of anilines is 1. The molecule has 1 aromatic carbocycles. The number of nitrogens with zero attached hydrogens (tertiary/aromatic N) is 1. The van der Waals surface area contributed by atoms with Crippen LogP contribution >= 0.6 is 0 Å². The molecule has 1 rings (SSSR count). The Hall–Kier alpha value is -2.15. The fourth-order valence-corrected chi connectivity index (χ4v) is 1.67. The lowest BCUT2D eigenvalue weighted by molar-refractivity contribution is 0.0550. The van der Waals surface area contributed by atoms with E-state index in [2.05, 4.69) is 5.32 Å². The molecule has 2 amide bonds. The van der Waals surface area contributed by atoms with E-state index in [9.17, 15) is 19.1 Å². The highest BCUT2D eigenvalue weighted by atomic mass is 19.1. The molecule has 0 bridgehead atoms. The predicted molar refractivity (Wildman–Crippen MR) is 71.3 cm³/mol. The van der Waals surface area contributed by atoms with E-state index < -0.39 is 23.4 Å². The summed E-state index contributed by atoms with van der Waals surface area (Å²) in [6.45, 7) is 3.14. The molecule has 0 unspecified atom stereocenters. The Morgan fingerprint density at radius 2 is 2.00 bits per heavy atom. The summed E-state index contributed by atoms with van der Waals surface area (Å²) in [7, 11) is 1.46. The lowest BCUT2D eigenvalue weighted by atomic mass is 10.1. The summed E-state index contributed by atoms with van der Waals surface area (Å²) >= 11 is 0. The lowest BCUT2D eigenvalue weighted by Crippen LogP contribution is -2.41. The van der Waals surface area contributed by atoms with Gasteiger partial charge in [-0.3, -0.25) is 0 Å². The predicted octanol–water partition coefficient (Wildman–Crippen LogP) is 1.76. The topological polar surface area (TPSA) is 89.9 Å². The average Bonchev–Trinajstić information content (AvgIpc) is 2.28. The second-order valence-corrected chi connectivity index (χ2v) is 5.09. The number of rotatable bonds is 4. The van der Waals surface area contributed by atoms with Gasteiger partial charge in [0.2, 0.25) is 0 Å². The summed E-state index contributed by atoms with van der Waals surface area (Å²) < 4.78 is 13.0. The Balaban J connectivity index is 2.88. The Morgan fingerprint density at radius 1 is 1.40 bits per heavy atom. The van der Waals surface area contributed by atoms with Crippen molar-refractivity contribution in [3.05, 3.63) is 29.6 Å². The standard InChI is InChI=1S/C13H17FN2O4/c1-13(2,20)7-16(3)12(19)15-10-5-4-8(14)6-9(10)11(17)18/h4-6,20H,7H2,1-3H3,(H,15,19)(H,17,18). The van der Waals surface area contributed by atoms with Crippen molar-refractivity contribution in [2.75, 3.05) is 18.9 Å². The number of amides is 2. The number of hydrogen-bond donors (Lipinski definition) is 3. The maximum Gasteiger partial charge on any atom is 0.337 e. The molecule has 0 radical (unpaired) electrons. The fraction of sp³-hybridized carbons (Fsp3) is 0.385. The minimum absolute atomic E-state index is 0.00787. The van der Waals surface area contributed by atoms with Crippen LogP contribution in [0, 0.1) is 5.82 Å². The van der Waals surface area contributed by atoms with Crippen molar-refractivity contribution in [3.63, 3.8) is 0 Å². The van der Waals surface area contributed by atoms with Gasteiger partial charge in [0.1, 0.15) is 5.82 Å². The van der Waals surface area contributed by atoms with Gasteiger partial charge in [-0.05, 0) is 32.0 Å². The third-order valence-corrected chi connectivity index (χ3v) is 2.42. The summed E-state index contributed by atoms with van der Waals surface area (Å²) in [5.74, 6) is -2.05. The SMILES string of the molecule is CN(CC(C)(C)O)C(=O)Nc1ccc(F)cc1C(=O)O. The van der Waals surface area contributed by atoms with Gasteiger partial charge in [0.05, 0.1) is 23.4 Å². The molecule has 1 aromatic rings. The quantitative estimate of drug-likeness (QED) is 0.786. The first-order valence-corrected chi connectivity index (χ1v) is 5.87. The summed E-state index contributed by atoms with van der Waals surface area (Å²) in [5, 5.41) is 20.9. The van der Waals surface area contributed by atoms with Crippen LogP contribution in [-0.2, 0) is 0 Å². The van der Waals surface area contributed by atoms with E-state index in [1.54, 1.807) is 0 Å². The molecule has 6 nitrogen and oxygen atoms in total. The summed E-state index contributed by atoms with van der Waals surface area (Å²) in [5.41, 5.74) is -1.42. The number of carbonyl (C=O) groups excluding carboxylic acids is 1. The van der Waals surface area contributed by atoms with Crippen molar-refractivity contribution in [2.45, 2.75) is 19.4 Å². The minimum Gasteiger partial charge on any atom is -0.478 e. The number of aromatic carboxylic acids is 1. The van der Waals surface area contributed by atoms with Gasteiger partial charge in [-0.1, -0.05) is 0 Å². The van der Waals surface area contributed by atoms with Crippen LogP contribution in [0.2, 0.25) is 0 Å². The van der Waals surface area contributed by atoms with Crippen molar-refractivity contribution < 1.29 is 24.2 Å². The molecule has 110 valence electrons. The summed E-state index contributed by atoms with van der Waals surface area (Å²) in [6, 6.07) is 2.46. The van der Waals surface area contributed by atoms with E-state index in [0.29, 0.717) is 0 Å². The second kappa shape index (κ2) is 5.87. The number of benzene rings is 1.